The predicted octanol–water partition coefficient (Wildman–Crippen LogP) is 20.0. The molecular weight excluding hydrogens is 948 g/mol. The van der Waals surface area contributed by atoms with Crippen LogP contribution in [0.4, 0.5) is 0 Å². The standard InChI is InChI=1S/C66H125N2O6P/c1-6-8-10-12-14-16-18-20-22-23-24-25-26-27-28-29-30-31-32-33-34-35-36-37-38-39-40-41-42-43-44-45-46-48-50-52-54-56-58-60-66(70)67-64(63-74-75(71,72)73-62-61-68(3,4)5)65(69)59-57-55-53-51-49-47-21-19-17-15-13-11-9-7-2/h8,10,14,16,20,22,24-25,27-28,64-65,69H,6-7,9,11-13,15,17-19,21,23,26,29-63H2,1-5H3,(H-,67,70,71,72)/p+1/b10-8-,16-14-,22-20-,25-24-,28-27-. The lowest BCUT2D eigenvalue weighted by Gasteiger charge is -2.26. The Bertz CT molecular complexity index is 1400. The molecule has 440 valence electrons. The third kappa shape index (κ3) is 59.7. The van der Waals surface area contributed by atoms with Crippen molar-refractivity contribution in [2.45, 2.75) is 315 Å². The number of unbranched alkanes of at least 4 members (excludes halogenated alkanes) is 36. The molecule has 0 saturated carbocycles. The topological polar surface area (TPSA) is 105 Å². The first-order valence-electron chi connectivity index (χ1n) is 32.2. The number of aliphatic hydroxyl groups is 1. The number of likely N-dealkylation sites (N-methyl/N-ethyl adjacent to an activating group) is 1. The van der Waals surface area contributed by atoms with Crippen LogP contribution in [0.1, 0.15) is 303 Å². The SMILES string of the molecule is CC/C=C\C/C=C\C/C=C\C/C=C\C/C=C\CCCCCCCCCCCCCCCCCCCCCCCCCC(=O)NC(COP(=O)(O)OCC[N+](C)(C)C)C(O)CCCCCCCCCCCCCCCC. The summed E-state index contributed by atoms with van der Waals surface area (Å²) in [5.74, 6) is -0.140. The van der Waals surface area contributed by atoms with Gasteiger partial charge in [0.05, 0.1) is 39.9 Å². The summed E-state index contributed by atoms with van der Waals surface area (Å²) < 4.78 is 23.8. The Morgan fingerprint density at radius 2 is 0.800 bits per heavy atom. The summed E-state index contributed by atoms with van der Waals surface area (Å²) in [6, 6.07) is -0.759. The summed E-state index contributed by atoms with van der Waals surface area (Å²) >= 11 is 0. The number of nitrogens with one attached hydrogen (secondary N) is 1. The average Bonchev–Trinajstić information content (AvgIpc) is 3.37. The minimum absolute atomic E-state index is 0.0759. The molecular formula is C66H126N2O6P+. The van der Waals surface area contributed by atoms with Crippen LogP contribution in [0.3, 0.4) is 0 Å². The molecule has 0 aromatic carbocycles. The molecule has 3 unspecified atom stereocenters. The molecule has 0 aliphatic rings. The number of aliphatic hydroxyl groups excluding tert-OH is 1. The molecule has 0 bridgehead atoms. The molecule has 0 fully saturated rings. The van der Waals surface area contributed by atoms with E-state index in [0.29, 0.717) is 23.9 Å². The van der Waals surface area contributed by atoms with Crippen LogP contribution < -0.4 is 5.32 Å². The second-order valence-corrected chi connectivity index (χ2v) is 24.6. The second-order valence-electron chi connectivity index (χ2n) is 23.1. The highest BCUT2D eigenvalue weighted by Crippen LogP contribution is 2.43. The Hall–Kier alpha value is -1.80. The number of carbonyl (C=O) groups excluding carboxylic acids is 1. The summed E-state index contributed by atoms with van der Waals surface area (Å²) in [5.41, 5.74) is 0. The van der Waals surface area contributed by atoms with Crippen LogP contribution in [0.2, 0.25) is 0 Å². The van der Waals surface area contributed by atoms with E-state index in [1.54, 1.807) is 0 Å². The normalized spacial score (nSPS) is 14.2. The second kappa shape index (κ2) is 56.9. The minimum Gasteiger partial charge on any atom is -0.391 e. The third-order valence-electron chi connectivity index (χ3n) is 14.5. The monoisotopic (exact) mass is 1070 g/mol. The zero-order chi connectivity index (χ0) is 54.9. The molecule has 0 radical (unpaired) electrons. The van der Waals surface area contributed by atoms with Crippen LogP contribution in [-0.2, 0) is 18.4 Å². The van der Waals surface area contributed by atoms with Crippen molar-refractivity contribution in [3.05, 3.63) is 60.8 Å². The first-order chi connectivity index (χ1) is 36.5. The van der Waals surface area contributed by atoms with Crippen LogP contribution in [0.25, 0.3) is 0 Å². The van der Waals surface area contributed by atoms with E-state index in [9.17, 15) is 19.4 Å². The number of hydrogen-bond donors (Lipinski definition) is 3. The molecule has 0 aromatic rings. The van der Waals surface area contributed by atoms with Gasteiger partial charge in [-0.05, 0) is 57.8 Å². The lowest BCUT2D eigenvalue weighted by Crippen LogP contribution is -2.46. The van der Waals surface area contributed by atoms with Crippen molar-refractivity contribution in [3.63, 3.8) is 0 Å². The number of rotatable bonds is 59. The van der Waals surface area contributed by atoms with E-state index in [1.807, 2.05) is 21.1 Å². The van der Waals surface area contributed by atoms with Gasteiger partial charge in [-0.3, -0.25) is 13.8 Å². The Morgan fingerprint density at radius 1 is 0.467 bits per heavy atom. The lowest BCUT2D eigenvalue weighted by atomic mass is 10.0. The van der Waals surface area contributed by atoms with Crippen molar-refractivity contribution in [2.75, 3.05) is 40.9 Å². The van der Waals surface area contributed by atoms with E-state index < -0.39 is 20.0 Å². The fourth-order valence-electron chi connectivity index (χ4n) is 9.55. The molecule has 0 spiro atoms. The summed E-state index contributed by atoms with van der Waals surface area (Å²) in [7, 11) is 1.63. The molecule has 0 aliphatic carbocycles. The Balaban J connectivity index is 3.88. The minimum atomic E-state index is -4.32. The molecule has 1 amide bonds. The van der Waals surface area contributed by atoms with Gasteiger partial charge in [-0.2, -0.15) is 0 Å². The van der Waals surface area contributed by atoms with E-state index >= 15 is 0 Å². The molecule has 8 nitrogen and oxygen atoms in total. The predicted molar refractivity (Wildman–Crippen MR) is 327 cm³/mol. The van der Waals surface area contributed by atoms with Gasteiger partial charge in [-0.25, -0.2) is 4.57 Å². The maximum Gasteiger partial charge on any atom is 0.472 e. The third-order valence-corrected chi connectivity index (χ3v) is 15.5. The molecule has 3 N–H and O–H groups in total. The number of phosphoric acid groups is 1. The Kier molecular flexibility index (Phi) is 55.5. The largest absolute Gasteiger partial charge is 0.472 e. The van der Waals surface area contributed by atoms with E-state index in [0.717, 1.165) is 70.6 Å². The van der Waals surface area contributed by atoms with Crippen molar-refractivity contribution in [1.29, 1.82) is 0 Å². The van der Waals surface area contributed by atoms with Gasteiger partial charge < -0.3 is 19.8 Å². The smallest absolute Gasteiger partial charge is 0.391 e. The number of amides is 1. The molecule has 9 heteroatoms. The number of hydrogen-bond acceptors (Lipinski definition) is 5. The van der Waals surface area contributed by atoms with Crippen LogP contribution in [-0.4, -0.2) is 73.4 Å². The van der Waals surface area contributed by atoms with Gasteiger partial charge in [0.25, 0.3) is 0 Å². The number of carbonyl (C=O) groups is 1. The molecule has 0 rings (SSSR count). The first-order valence-corrected chi connectivity index (χ1v) is 33.6. The first kappa shape index (κ1) is 73.2. The van der Waals surface area contributed by atoms with E-state index in [2.05, 4.69) is 79.9 Å². The van der Waals surface area contributed by atoms with Gasteiger partial charge in [-0.15, -0.1) is 0 Å². The van der Waals surface area contributed by atoms with Gasteiger partial charge in [0.2, 0.25) is 5.91 Å². The summed E-state index contributed by atoms with van der Waals surface area (Å²) in [5, 5.41) is 14.1. The summed E-state index contributed by atoms with van der Waals surface area (Å²) in [6.45, 7) is 4.80. The Labute approximate surface area is 466 Å². The van der Waals surface area contributed by atoms with Crippen LogP contribution in [0.15, 0.2) is 60.8 Å². The fraction of sp³-hybridized carbons (Fsp3) is 0.833. The maximum absolute atomic E-state index is 13.0. The molecule has 75 heavy (non-hydrogen) atoms. The molecule has 0 aromatic heterocycles. The number of allylic oxidation sites excluding steroid dienone is 10. The highest BCUT2D eigenvalue weighted by atomic mass is 31.2. The highest BCUT2D eigenvalue weighted by molar-refractivity contribution is 7.47. The molecule has 0 heterocycles. The van der Waals surface area contributed by atoms with E-state index in [1.165, 1.54) is 205 Å². The zero-order valence-electron chi connectivity index (χ0n) is 50.3. The highest BCUT2D eigenvalue weighted by Gasteiger charge is 2.28. The van der Waals surface area contributed by atoms with Crippen molar-refractivity contribution in [1.82, 2.24) is 5.32 Å². The molecule has 0 aliphatic heterocycles. The van der Waals surface area contributed by atoms with Crippen molar-refractivity contribution in [2.24, 2.45) is 0 Å². The lowest BCUT2D eigenvalue weighted by molar-refractivity contribution is -0.870. The van der Waals surface area contributed by atoms with Crippen molar-refractivity contribution < 1.29 is 32.9 Å². The van der Waals surface area contributed by atoms with Crippen LogP contribution in [0, 0.1) is 0 Å². The average molecular weight is 1070 g/mol. The van der Waals surface area contributed by atoms with Gasteiger partial charge in [0.15, 0.2) is 0 Å². The van der Waals surface area contributed by atoms with Crippen molar-refractivity contribution >= 4 is 13.7 Å². The van der Waals surface area contributed by atoms with E-state index in [-0.39, 0.29) is 19.1 Å². The fourth-order valence-corrected chi connectivity index (χ4v) is 10.3. The molecule has 3 atom stereocenters. The maximum atomic E-state index is 13.0. The van der Waals surface area contributed by atoms with Gasteiger partial charge in [0, 0.05) is 6.42 Å². The number of phosphoric ester groups is 1. The molecule has 0 saturated heterocycles. The summed E-state index contributed by atoms with van der Waals surface area (Å²) in [4.78, 5) is 23.3. The van der Waals surface area contributed by atoms with Gasteiger partial charge >= 0.3 is 7.82 Å². The van der Waals surface area contributed by atoms with Crippen LogP contribution in [0.5, 0.6) is 0 Å². The van der Waals surface area contributed by atoms with Crippen molar-refractivity contribution in [3.8, 4) is 0 Å². The Morgan fingerprint density at radius 3 is 1.17 bits per heavy atom. The van der Waals surface area contributed by atoms with E-state index in [4.69, 9.17) is 9.05 Å². The number of quaternary nitrogens is 1. The van der Waals surface area contributed by atoms with Gasteiger partial charge in [0.1, 0.15) is 13.2 Å². The summed E-state index contributed by atoms with van der Waals surface area (Å²) in [6.07, 6.45) is 77.4. The quantitative estimate of drug-likeness (QED) is 0.0243. The van der Waals surface area contributed by atoms with Gasteiger partial charge in [-0.1, -0.05) is 299 Å². The number of nitrogens with zero attached hydrogens (tertiary/aromatic N) is 1. The zero-order valence-corrected chi connectivity index (χ0v) is 51.2. The van der Waals surface area contributed by atoms with Crippen LogP contribution >= 0.6 is 7.82 Å².